The number of nitrogens with zero attached hydrogens (tertiary/aromatic N) is 2. The molecule has 33 heavy (non-hydrogen) atoms. The minimum atomic E-state index is -0.212. The van der Waals surface area contributed by atoms with Gasteiger partial charge in [-0.1, -0.05) is 62.8 Å². The zero-order chi connectivity index (χ0) is 22.8. The SMILES string of the molecule is Cc1ccc(-c2nc3ccccc3n2C(C(=O)NC2CCCCC2)C2CCCCC2)cc1C. The predicted molar refractivity (Wildman–Crippen MR) is 135 cm³/mol. The van der Waals surface area contributed by atoms with Crippen molar-refractivity contribution in [3.63, 3.8) is 0 Å². The van der Waals surface area contributed by atoms with Crippen LogP contribution in [-0.4, -0.2) is 21.5 Å². The summed E-state index contributed by atoms with van der Waals surface area (Å²) in [6.45, 7) is 4.30. The first-order valence-electron chi connectivity index (χ1n) is 13.0. The number of para-hydroxylation sites is 2. The molecule has 3 aromatic rings. The van der Waals surface area contributed by atoms with E-state index < -0.39 is 0 Å². The fourth-order valence-electron chi connectivity index (χ4n) is 5.94. The third kappa shape index (κ3) is 4.58. The molecule has 0 saturated heterocycles. The second-order valence-electron chi connectivity index (χ2n) is 10.3. The molecule has 1 amide bonds. The molecule has 0 radical (unpaired) electrons. The minimum absolute atomic E-state index is 0.196. The van der Waals surface area contributed by atoms with Crippen molar-refractivity contribution in [2.24, 2.45) is 5.92 Å². The predicted octanol–water partition coefficient (Wildman–Crippen LogP) is 6.89. The number of fused-ring (bicyclic) bond motifs is 1. The van der Waals surface area contributed by atoms with E-state index in [0.29, 0.717) is 12.0 Å². The summed E-state index contributed by atoms with van der Waals surface area (Å²) in [6.07, 6.45) is 11.9. The Labute approximate surface area is 197 Å². The summed E-state index contributed by atoms with van der Waals surface area (Å²) < 4.78 is 2.29. The van der Waals surface area contributed by atoms with Gasteiger partial charge in [0.25, 0.3) is 0 Å². The molecule has 1 N–H and O–H groups in total. The molecule has 0 spiro atoms. The Hall–Kier alpha value is -2.62. The summed E-state index contributed by atoms with van der Waals surface area (Å²) in [6, 6.07) is 15.0. The molecule has 2 aromatic carbocycles. The third-order valence-electron chi connectivity index (χ3n) is 7.96. The molecule has 0 aliphatic heterocycles. The smallest absolute Gasteiger partial charge is 0.243 e. The van der Waals surface area contributed by atoms with E-state index in [9.17, 15) is 4.79 Å². The summed E-state index contributed by atoms with van der Waals surface area (Å²) in [5.41, 5.74) is 5.67. The molecule has 1 unspecified atom stereocenters. The first kappa shape index (κ1) is 22.2. The van der Waals surface area contributed by atoms with Crippen LogP contribution >= 0.6 is 0 Å². The van der Waals surface area contributed by atoms with Crippen molar-refractivity contribution in [1.29, 1.82) is 0 Å². The summed E-state index contributed by atoms with van der Waals surface area (Å²) in [4.78, 5) is 19.1. The van der Waals surface area contributed by atoms with Crippen LogP contribution in [0.4, 0.5) is 0 Å². The molecule has 2 aliphatic rings. The molecule has 1 aromatic heterocycles. The summed E-state index contributed by atoms with van der Waals surface area (Å²) >= 11 is 0. The number of aryl methyl sites for hydroxylation is 2. The number of hydrogen-bond donors (Lipinski definition) is 1. The standard InChI is InChI=1S/C29H37N3O/c1-20-17-18-23(19-21(20)2)28-31-25-15-9-10-16-26(25)32(28)27(22-11-5-3-6-12-22)29(33)30-24-13-7-4-8-14-24/h9-10,15-19,22,24,27H,3-8,11-14H2,1-2H3,(H,30,33). The molecule has 2 aliphatic carbocycles. The number of carbonyl (C=O) groups excluding carboxylic acids is 1. The Morgan fingerprint density at radius 3 is 2.33 bits per heavy atom. The lowest BCUT2D eigenvalue weighted by atomic mass is 9.82. The number of carbonyl (C=O) groups is 1. The zero-order valence-electron chi connectivity index (χ0n) is 20.1. The molecule has 2 saturated carbocycles. The average Bonchev–Trinajstić information content (AvgIpc) is 3.22. The number of hydrogen-bond acceptors (Lipinski definition) is 2. The number of amides is 1. The fraction of sp³-hybridized carbons (Fsp3) is 0.517. The third-order valence-corrected chi connectivity index (χ3v) is 7.96. The number of nitrogens with one attached hydrogen (secondary N) is 1. The molecule has 4 heteroatoms. The highest BCUT2D eigenvalue weighted by atomic mass is 16.2. The van der Waals surface area contributed by atoms with Gasteiger partial charge in [0.05, 0.1) is 11.0 Å². The normalized spacial score (nSPS) is 19.0. The van der Waals surface area contributed by atoms with E-state index in [1.54, 1.807) is 0 Å². The van der Waals surface area contributed by atoms with Crippen molar-refractivity contribution >= 4 is 16.9 Å². The first-order chi connectivity index (χ1) is 16.1. The van der Waals surface area contributed by atoms with E-state index in [1.165, 1.54) is 49.7 Å². The maximum atomic E-state index is 14.0. The highest BCUT2D eigenvalue weighted by Crippen LogP contribution is 2.39. The van der Waals surface area contributed by atoms with Crippen molar-refractivity contribution in [3.05, 3.63) is 53.6 Å². The summed E-state index contributed by atoms with van der Waals surface area (Å²) in [5, 5.41) is 3.48. The Bertz CT molecular complexity index is 1120. The van der Waals surface area contributed by atoms with Crippen molar-refractivity contribution in [1.82, 2.24) is 14.9 Å². The molecule has 4 nitrogen and oxygen atoms in total. The van der Waals surface area contributed by atoms with Gasteiger partial charge < -0.3 is 9.88 Å². The molecule has 5 rings (SSSR count). The van der Waals surface area contributed by atoms with Crippen molar-refractivity contribution in [2.75, 3.05) is 0 Å². The number of rotatable bonds is 5. The van der Waals surface area contributed by atoms with Crippen molar-refractivity contribution < 1.29 is 4.79 Å². The van der Waals surface area contributed by atoms with Crippen LogP contribution in [0.5, 0.6) is 0 Å². The van der Waals surface area contributed by atoms with Gasteiger partial charge in [-0.15, -0.1) is 0 Å². The largest absolute Gasteiger partial charge is 0.352 e. The molecule has 1 atom stereocenters. The van der Waals surface area contributed by atoms with Crippen LogP contribution in [0.2, 0.25) is 0 Å². The van der Waals surface area contributed by atoms with Gasteiger partial charge in [0, 0.05) is 11.6 Å². The minimum Gasteiger partial charge on any atom is -0.352 e. The molecule has 0 bridgehead atoms. The van der Waals surface area contributed by atoms with Crippen LogP contribution in [0.25, 0.3) is 22.4 Å². The quantitative estimate of drug-likeness (QED) is 0.467. The van der Waals surface area contributed by atoms with Crippen molar-refractivity contribution in [2.45, 2.75) is 90.1 Å². The highest BCUT2D eigenvalue weighted by Gasteiger charge is 2.35. The average molecular weight is 444 g/mol. The molecule has 1 heterocycles. The molecule has 2 fully saturated rings. The van der Waals surface area contributed by atoms with Gasteiger partial charge in [-0.25, -0.2) is 4.98 Å². The van der Waals surface area contributed by atoms with Gasteiger partial charge in [0.15, 0.2) is 0 Å². The van der Waals surface area contributed by atoms with E-state index in [1.807, 2.05) is 6.07 Å². The lowest BCUT2D eigenvalue weighted by Crippen LogP contribution is -2.43. The molecular weight excluding hydrogens is 406 g/mol. The summed E-state index contributed by atoms with van der Waals surface area (Å²) in [5.74, 6) is 1.47. The van der Waals surface area contributed by atoms with E-state index in [-0.39, 0.29) is 11.9 Å². The lowest BCUT2D eigenvalue weighted by Gasteiger charge is -2.33. The number of aromatic nitrogens is 2. The van der Waals surface area contributed by atoms with Crippen molar-refractivity contribution in [3.8, 4) is 11.4 Å². The first-order valence-corrected chi connectivity index (χ1v) is 13.0. The van der Waals surface area contributed by atoms with Gasteiger partial charge in [0.1, 0.15) is 11.9 Å². The van der Waals surface area contributed by atoms with Gasteiger partial charge >= 0.3 is 0 Å². The van der Waals surface area contributed by atoms with E-state index >= 15 is 0 Å². The number of imidazole rings is 1. The van der Waals surface area contributed by atoms with Crippen LogP contribution < -0.4 is 5.32 Å². The van der Waals surface area contributed by atoms with E-state index in [4.69, 9.17) is 4.98 Å². The topological polar surface area (TPSA) is 46.9 Å². The Morgan fingerprint density at radius 1 is 0.909 bits per heavy atom. The maximum absolute atomic E-state index is 14.0. The highest BCUT2D eigenvalue weighted by molar-refractivity contribution is 5.87. The second-order valence-corrected chi connectivity index (χ2v) is 10.3. The molecular formula is C29H37N3O. The Morgan fingerprint density at radius 2 is 1.61 bits per heavy atom. The Kier molecular flexibility index (Phi) is 6.52. The van der Waals surface area contributed by atoms with Gasteiger partial charge in [0.2, 0.25) is 5.91 Å². The Balaban J connectivity index is 1.62. The van der Waals surface area contributed by atoms with Crippen LogP contribution in [-0.2, 0) is 4.79 Å². The fourth-order valence-corrected chi connectivity index (χ4v) is 5.94. The van der Waals surface area contributed by atoms with Gasteiger partial charge in [-0.05, 0) is 74.8 Å². The van der Waals surface area contributed by atoms with Crippen LogP contribution in [0.15, 0.2) is 42.5 Å². The van der Waals surface area contributed by atoms with Crippen LogP contribution in [0.3, 0.4) is 0 Å². The number of benzene rings is 2. The van der Waals surface area contributed by atoms with E-state index in [0.717, 1.165) is 48.1 Å². The molecule has 174 valence electrons. The van der Waals surface area contributed by atoms with Crippen LogP contribution in [0, 0.1) is 19.8 Å². The lowest BCUT2D eigenvalue weighted by molar-refractivity contribution is -0.127. The second kappa shape index (κ2) is 9.70. The van der Waals surface area contributed by atoms with Crippen LogP contribution in [0.1, 0.15) is 81.4 Å². The monoisotopic (exact) mass is 443 g/mol. The zero-order valence-corrected chi connectivity index (χ0v) is 20.1. The summed E-state index contributed by atoms with van der Waals surface area (Å²) in [7, 11) is 0. The van der Waals surface area contributed by atoms with Gasteiger partial charge in [-0.2, -0.15) is 0 Å². The van der Waals surface area contributed by atoms with Gasteiger partial charge in [-0.3, -0.25) is 4.79 Å². The maximum Gasteiger partial charge on any atom is 0.243 e. The van der Waals surface area contributed by atoms with E-state index in [2.05, 4.69) is 60.1 Å².